The molecule has 0 bridgehead atoms. The number of aryl methyl sites for hydroxylation is 1. The highest BCUT2D eigenvalue weighted by Crippen LogP contribution is 2.22. The molecule has 0 atom stereocenters. The van der Waals surface area contributed by atoms with Crippen molar-refractivity contribution in [3.63, 3.8) is 0 Å². The number of carbonyl (C=O) groups excluding carboxylic acids is 1. The summed E-state index contributed by atoms with van der Waals surface area (Å²) in [6.07, 6.45) is 6.70. The van der Waals surface area contributed by atoms with Gasteiger partial charge in [-0.3, -0.25) is 9.69 Å². The van der Waals surface area contributed by atoms with Gasteiger partial charge in [-0.2, -0.15) is 0 Å². The van der Waals surface area contributed by atoms with E-state index in [4.69, 9.17) is 9.40 Å². The standard InChI is InChI=1S/C20H24N4O2/c1-23-17-9-8-15(21-20(25)18-7-6-12-26-18)13-16(17)22-19(23)14-24-10-4-2-3-5-11-24/h6-9,12-13H,2-5,10-11,14H2,1H3,(H,21,25). The summed E-state index contributed by atoms with van der Waals surface area (Å²) < 4.78 is 7.29. The van der Waals surface area contributed by atoms with E-state index in [1.807, 2.05) is 18.2 Å². The molecular weight excluding hydrogens is 328 g/mol. The quantitative estimate of drug-likeness (QED) is 0.776. The lowest BCUT2D eigenvalue weighted by Gasteiger charge is -2.19. The minimum atomic E-state index is -0.255. The van der Waals surface area contributed by atoms with Crippen LogP contribution in [0.4, 0.5) is 5.69 Å². The molecule has 1 saturated heterocycles. The highest BCUT2D eigenvalue weighted by molar-refractivity contribution is 6.03. The van der Waals surface area contributed by atoms with Gasteiger partial charge in [-0.15, -0.1) is 0 Å². The van der Waals surface area contributed by atoms with Crippen molar-refractivity contribution in [2.24, 2.45) is 7.05 Å². The van der Waals surface area contributed by atoms with Crippen molar-refractivity contribution in [1.82, 2.24) is 14.5 Å². The van der Waals surface area contributed by atoms with Crippen molar-refractivity contribution in [1.29, 1.82) is 0 Å². The zero-order valence-corrected chi connectivity index (χ0v) is 15.1. The molecule has 3 heterocycles. The Hall–Kier alpha value is -2.60. The molecule has 1 aliphatic heterocycles. The number of amides is 1. The highest BCUT2D eigenvalue weighted by Gasteiger charge is 2.15. The molecule has 2 aromatic heterocycles. The molecule has 6 heteroatoms. The van der Waals surface area contributed by atoms with Crippen LogP contribution in [0.2, 0.25) is 0 Å². The van der Waals surface area contributed by atoms with Gasteiger partial charge < -0.3 is 14.3 Å². The Morgan fingerprint density at radius 1 is 1.19 bits per heavy atom. The van der Waals surface area contributed by atoms with Crippen LogP contribution in [0, 0.1) is 0 Å². The van der Waals surface area contributed by atoms with E-state index in [9.17, 15) is 4.79 Å². The predicted octanol–water partition coefficient (Wildman–Crippen LogP) is 3.79. The number of nitrogens with one attached hydrogen (secondary N) is 1. The summed E-state index contributed by atoms with van der Waals surface area (Å²) in [5.41, 5.74) is 2.69. The maximum Gasteiger partial charge on any atom is 0.291 e. The summed E-state index contributed by atoms with van der Waals surface area (Å²) in [6, 6.07) is 9.18. The number of hydrogen-bond donors (Lipinski definition) is 1. The second-order valence-electron chi connectivity index (χ2n) is 6.91. The molecule has 136 valence electrons. The topological polar surface area (TPSA) is 63.3 Å². The second kappa shape index (κ2) is 7.33. The summed E-state index contributed by atoms with van der Waals surface area (Å²) in [4.78, 5) is 19.4. The SMILES string of the molecule is Cn1c(CN2CCCCCC2)nc2cc(NC(=O)c3ccco3)ccc21. The van der Waals surface area contributed by atoms with Crippen molar-refractivity contribution in [3.05, 3.63) is 48.2 Å². The number of rotatable bonds is 4. The molecule has 1 N–H and O–H groups in total. The van der Waals surface area contributed by atoms with Crippen LogP contribution >= 0.6 is 0 Å². The van der Waals surface area contributed by atoms with Crippen LogP contribution in [0.25, 0.3) is 11.0 Å². The lowest BCUT2D eigenvalue weighted by Crippen LogP contribution is -2.25. The fourth-order valence-corrected chi connectivity index (χ4v) is 3.56. The van der Waals surface area contributed by atoms with Crippen LogP contribution in [0.5, 0.6) is 0 Å². The van der Waals surface area contributed by atoms with Gasteiger partial charge in [0.25, 0.3) is 5.91 Å². The van der Waals surface area contributed by atoms with Gasteiger partial charge in [0, 0.05) is 12.7 Å². The van der Waals surface area contributed by atoms with E-state index in [-0.39, 0.29) is 5.91 Å². The van der Waals surface area contributed by atoms with Gasteiger partial charge in [-0.05, 0) is 56.3 Å². The number of aromatic nitrogens is 2. The van der Waals surface area contributed by atoms with Crippen molar-refractivity contribution in [2.45, 2.75) is 32.2 Å². The number of benzene rings is 1. The zero-order valence-electron chi connectivity index (χ0n) is 15.1. The van der Waals surface area contributed by atoms with E-state index < -0.39 is 0 Å². The molecule has 3 aromatic rings. The first-order valence-corrected chi connectivity index (χ1v) is 9.23. The molecule has 0 aliphatic carbocycles. The number of hydrogen-bond acceptors (Lipinski definition) is 4. The van der Waals surface area contributed by atoms with Crippen molar-refractivity contribution in [3.8, 4) is 0 Å². The predicted molar refractivity (Wildman–Crippen MR) is 101 cm³/mol. The molecule has 0 unspecified atom stereocenters. The maximum atomic E-state index is 12.1. The van der Waals surface area contributed by atoms with Crippen molar-refractivity contribution in [2.75, 3.05) is 18.4 Å². The molecule has 6 nitrogen and oxygen atoms in total. The average Bonchev–Trinajstić information content (AvgIpc) is 3.19. The second-order valence-corrected chi connectivity index (χ2v) is 6.91. The molecule has 1 amide bonds. The number of fused-ring (bicyclic) bond motifs is 1. The van der Waals surface area contributed by atoms with Crippen molar-refractivity contribution >= 4 is 22.6 Å². The number of nitrogens with zero attached hydrogens (tertiary/aromatic N) is 3. The number of likely N-dealkylation sites (tertiary alicyclic amines) is 1. The molecule has 1 fully saturated rings. The molecule has 26 heavy (non-hydrogen) atoms. The Balaban J connectivity index is 1.53. The summed E-state index contributed by atoms with van der Waals surface area (Å²) >= 11 is 0. The van der Waals surface area contributed by atoms with Crippen LogP contribution in [0.1, 0.15) is 42.1 Å². The van der Waals surface area contributed by atoms with Crippen LogP contribution in [-0.2, 0) is 13.6 Å². The Morgan fingerprint density at radius 2 is 2.00 bits per heavy atom. The Bertz CT molecular complexity index is 890. The largest absolute Gasteiger partial charge is 0.459 e. The maximum absolute atomic E-state index is 12.1. The van der Waals surface area contributed by atoms with Gasteiger partial charge in [-0.1, -0.05) is 12.8 Å². The molecule has 0 radical (unpaired) electrons. The monoisotopic (exact) mass is 352 g/mol. The number of carbonyl (C=O) groups is 1. The first-order valence-electron chi connectivity index (χ1n) is 9.23. The third kappa shape index (κ3) is 3.51. The number of anilines is 1. The minimum absolute atomic E-state index is 0.255. The number of furan rings is 1. The molecule has 0 spiro atoms. The smallest absolute Gasteiger partial charge is 0.291 e. The Morgan fingerprint density at radius 3 is 2.73 bits per heavy atom. The first-order chi connectivity index (χ1) is 12.7. The van der Waals surface area contributed by atoms with E-state index in [2.05, 4.69) is 21.8 Å². The lowest BCUT2D eigenvalue weighted by atomic mass is 10.2. The van der Waals surface area contributed by atoms with Gasteiger partial charge in [0.2, 0.25) is 0 Å². The minimum Gasteiger partial charge on any atom is -0.459 e. The Kier molecular flexibility index (Phi) is 4.75. The molecular formula is C20H24N4O2. The molecule has 1 aliphatic rings. The normalized spacial score (nSPS) is 15.9. The average molecular weight is 352 g/mol. The van der Waals surface area contributed by atoms with Crippen molar-refractivity contribution < 1.29 is 9.21 Å². The van der Waals surface area contributed by atoms with E-state index in [0.717, 1.165) is 42.2 Å². The highest BCUT2D eigenvalue weighted by atomic mass is 16.3. The van der Waals surface area contributed by atoms with Gasteiger partial charge in [-0.25, -0.2) is 4.98 Å². The zero-order chi connectivity index (χ0) is 17.9. The van der Waals surface area contributed by atoms with E-state index in [0.29, 0.717) is 5.76 Å². The van der Waals surface area contributed by atoms with Crippen LogP contribution in [0.3, 0.4) is 0 Å². The molecule has 1 aromatic carbocycles. The fourth-order valence-electron chi connectivity index (χ4n) is 3.56. The van der Waals surface area contributed by atoms with Gasteiger partial charge in [0.15, 0.2) is 5.76 Å². The summed E-state index contributed by atoms with van der Waals surface area (Å²) in [7, 11) is 2.06. The van der Waals surface area contributed by atoms with E-state index in [1.54, 1.807) is 12.1 Å². The van der Waals surface area contributed by atoms with Gasteiger partial charge in [0.05, 0.1) is 23.8 Å². The van der Waals surface area contributed by atoms with E-state index >= 15 is 0 Å². The van der Waals surface area contributed by atoms with Crippen LogP contribution < -0.4 is 5.32 Å². The number of imidazole rings is 1. The first kappa shape index (κ1) is 16.8. The van der Waals surface area contributed by atoms with Gasteiger partial charge in [0.1, 0.15) is 5.82 Å². The third-order valence-corrected chi connectivity index (χ3v) is 5.04. The van der Waals surface area contributed by atoms with Gasteiger partial charge >= 0.3 is 0 Å². The summed E-state index contributed by atoms with van der Waals surface area (Å²) in [6.45, 7) is 3.17. The van der Waals surface area contributed by atoms with Crippen LogP contribution in [0.15, 0.2) is 41.0 Å². The van der Waals surface area contributed by atoms with Crippen LogP contribution in [-0.4, -0.2) is 33.4 Å². The summed E-state index contributed by atoms with van der Waals surface area (Å²) in [5.74, 6) is 1.11. The lowest BCUT2D eigenvalue weighted by molar-refractivity contribution is 0.0996. The summed E-state index contributed by atoms with van der Waals surface area (Å²) in [5, 5.41) is 2.86. The fraction of sp³-hybridized carbons (Fsp3) is 0.400. The Labute approximate surface area is 152 Å². The molecule has 4 rings (SSSR count). The molecule has 0 saturated carbocycles. The third-order valence-electron chi connectivity index (χ3n) is 5.04. The van der Waals surface area contributed by atoms with E-state index in [1.165, 1.54) is 31.9 Å².